The molecule has 0 aliphatic carbocycles. The van der Waals surface area contributed by atoms with Gasteiger partial charge < -0.3 is 4.74 Å². The number of nitrogens with one attached hydrogen (secondary N) is 1. The number of hydrogen-bond donors (Lipinski definition) is 1. The maximum atomic E-state index is 11.3. The number of ether oxygens (including phenoxy) is 1. The van der Waals surface area contributed by atoms with Gasteiger partial charge in [-0.3, -0.25) is 15.4 Å². The maximum absolute atomic E-state index is 11.3. The molecule has 0 heterocycles. The predicted octanol–water partition coefficient (Wildman–Crippen LogP) is 2.80. The Morgan fingerprint density at radius 1 is 1.47 bits per heavy atom. The Morgan fingerprint density at radius 2 is 2.12 bits per heavy atom. The summed E-state index contributed by atoms with van der Waals surface area (Å²) in [6.45, 7) is 4.07. The third-order valence-electron chi connectivity index (χ3n) is 1.89. The fraction of sp³-hybridized carbons (Fsp3) is 0.364. The van der Waals surface area contributed by atoms with Crippen molar-refractivity contribution in [3.8, 4) is 0 Å². The molecule has 1 N–H and O–H groups in total. The Kier molecular flexibility index (Phi) is 4.45. The van der Waals surface area contributed by atoms with Crippen molar-refractivity contribution < 1.29 is 14.5 Å². The van der Waals surface area contributed by atoms with Crippen molar-refractivity contribution in [2.24, 2.45) is 5.92 Å². The monoisotopic (exact) mass is 238 g/mol. The van der Waals surface area contributed by atoms with Crippen molar-refractivity contribution in [2.75, 3.05) is 11.9 Å². The molecule has 0 saturated heterocycles. The number of nitro benzene ring substituents is 1. The van der Waals surface area contributed by atoms with E-state index in [0.29, 0.717) is 0 Å². The highest BCUT2D eigenvalue weighted by molar-refractivity contribution is 5.87. The third-order valence-corrected chi connectivity index (χ3v) is 1.89. The quantitative estimate of drug-likeness (QED) is 0.645. The van der Waals surface area contributed by atoms with Gasteiger partial charge in [0.05, 0.1) is 11.5 Å². The highest BCUT2D eigenvalue weighted by atomic mass is 16.6. The van der Waals surface area contributed by atoms with Crippen molar-refractivity contribution >= 4 is 17.5 Å². The predicted molar refractivity (Wildman–Crippen MR) is 62.9 cm³/mol. The molecule has 0 spiro atoms. The number of anilines is 1. The number of nitro groups is 1. The highest BCUT2D eigenvalue weighted by Crippen LogP contribution is 2.23. The van der Waals surface area contributed by atoms with Gasteiger partial charge in [-0.25, -0.2) is 4.79 Å². The van der Waals surface area contributed by atoms with Gasteiger partial charge in [0.15, 0.2) is 0 Å². The minimum atomic E-state index is -0.687. The molecule has 0 aromatic heterocycles. The van der Waals surface area contributed by atoms with Gasteiger partial charge in [-0.15, -0.1) is 0 Å². The Balaban J connectivity index is 2.68. The lowest BCUT2D eigenvalue weighted by molar-refractivity contribution is -0.383. The van der Waals surface area contributed by atoms with Gasteiger partial charge in [-0.2, -0.15) is 0 Å². The van der Waals surface area contributed by atoms with E-state index in [1.54, 1.807) is 6.07 Å². The first kappa shape index (κ1) is 13.0. The van der Waals surface area contributed by atoms with Gasteiger partial charge in [-0.05, 0) is 12.0 Å². The average molecular weight is 238 g/mol. The van der Waals surface area contributed by atoms with Crippen LogP contribution in [0.1, 0.15) is 13.8 Å². The molecule has 17 heavy (non-hydrogen) atoms. The number of benzene rings is 1. The first-order valence-electron chi connectivity index (χ1n) is 5.18. The molecule has 0 bridgehead atoms. The van der Waals surface area contributed by atoms with E-state index in [2.05, 4.69) is 5.32 Å². The van der Waals surface area contributed by atoms with Crippen LogP contribution in [0.2, 0.25) is 0 Å². The van der Waals surface area contributed by atoms with E-state index >= 15 is 0 Å². The summed E-state index contributed by atoms with van der Waals surface area (Å²) in [6, 6.07) is 5.90. The molecule has 1 amide bonds. The van der Waals surface area contributed by atoms with Crippen molar-refractivity contribution in [3.05, 3.63) is 34.4 Å². The van der Waals surface area contributed by atoms with E-state index in [1.165, 1.54) is 18.2 Å². The van der Waals surface area contributed by atoms with E-state index in [0.717, 1.165) is 0 Å². The summed E-state index contributed by atoms with van der Waals surface area (Å²) >= 11 is 0. The molecular weight excluding hydrogens is 224 g/mol. The molecule has 0 fully saturated rings. The molecule has 92 valence electrons. The van der Waals surface area contributed by atoms with Gasteiger partial charge in [0, 0.05) is 6.07 Å². The number of para-hydroxylation sites is 2. The average Bonchev–Trinajstić information content (AvgIpc) is 2.27. The van der Waals surface area contributed by atoms with Crippen LogP contribution in [0.5, 0.6) is 0 Å². The Labute approximate surface area is 98.7 Å². The van der Waals surface area contributed by atoms with Gasteiger partial charge in [0.25, 0.3) is 5.69 Å². The van der Waals surface area contributed by atoms with Crippen LogP contribution in [0.3, 0.4) is 0 Å². The largest absolute Gasteiger partial charge is 0.449 e. The van der Waals surface area contributed by atoms with E-state index in [4.69, 9.17) is 4.74 Å². The highest BCUT2D eigenvalue weighted by Gasteiger charge is 2.15. The number of carbonyl (C=O) groups is 1. The van der Waals surface area contributed by atoms with E-state index < -0.39 is 11.0 Å². The van der Waals surface area contributed by atoms with Gasteiger partial charge in [0.1, 0.15) is 5.69 Å². The third kappa shape index (κ3) is 4.10. The zero-order valence-electron chi connectivity index (χ0n) is 9.67. The van der Waals surface area contributed by atoms with Crippen LogP contribution < -0.4 is 5.32 Å². The van der Waals surface area contributed by atoms with Crippen LogP contribution in [-0.4, -0.2) is 17.6 Å². The first-order valence-corrected chi connectivity index (χ1v) is 5.18. The molecule has 0 aliphatic heterocycles. The lowest BCUT2D eigenvalue weighted by Gasteiger charge is -2.08. The van der Waals surface area contributed by atoms with Crippen LogP contribution in [0, 0.1) is 16.0 Å². The Bertz CT molecular complexity index is 418. The van der Waals surface area contributed by atoms with Gasteiger partial charge in [0.2, 0.25) is 0 Å². The number of carbonyl (C=O) groups excluding carboxylic acids is 1. The molecule has 0 radical (unpaired) electrons. The lowest BCUT2D eigenvalue weighted by atomic mass is 10.2. The fourth-order valence-electron chi connectivity index (χ4n) is 1.13. The second-order valence-corrected chi connectivity index (χ2v) is 3.89. The molecule has 6 heteroatoms. The van der Waals surface area contributed by atoms with E-state index in [9.17, 15) is 14.9 Å². The summed E-state index contributed by atoms with van der Waals surface area (Å²) in [5, 5.41) is 13.0. The summed E-state index contributed by atoms with van der Waals surface area (Å²) in [6.07, 6.45) is -0.687. The molecule has 1 aromatic rings. The molecule has 6 nitrogen and oxygen atoms in total. The maximum Gasteiger partial charge on any atom is 0.411 e. The van der Waals surface area contributed by atoms with Gasteiger partial charge in [-0.1, -0.05) is 26.0 Å². The zero-order valence-corrected chi connectivity index (χ0v) is 9.67. The molecule has 0 saturated carbocycles. The minimum Gasteiger partial charge on any atom is -0.449 e. The summed E-state index contributed by atoms with van der Waals surface area (Å²) in [5.41, 5.74) is -0.0275. The van der Waals surface area contributed by atoms with Gasteiger partial charge >= 0.3 is 6.09 Å². The second-order valence-electron chi connectivity index (χ2n) is 3.89. The van der Waals surface area contributed by atoms with Crippen LogP contribution in [0.25, 0.3) is 0 Å². The lowest BCUT2D eigenvalue weighted by Crippen LogP contribution is -2.17. The van der Waals surface area contributed by atoms with Crippen molar-refractivity contribution in [1.29, 1.82) is 0 Å². The Morgan fingerprint density at radius 3 is 2.71 bits per heavy atom. The first-order chi connectivity index (χ1) is 8.00. The number of amides is 1. The second kappa shape index (κ2) is 5.83. The Hall–Kier alpha value is -2.11. The summed E-state index contributed by atoms with van der Waals surface area (Å²) in [5.74, 6) is 0.214. The normalized spacial score (nSPS) is 10.1. The van der Waals surface area contributed by atoms with Crippen molar-refractivity contribution in [2.45, 2.75) is 13.8 Å². The smallest absolute Gasteiger partial charge is 0.411 e. The summed E-state index contributed by atoms with van der Waals surface area (Å²) in [4.78, 5) is 21.5. The zero-order chi connectivity index (χ0) is 12.8. The van der Waals surface area contributed by atoms with E-state index in [-0.39, 0.29) is 23.9 Å². The van der Waals surface area contributed by atoms with Crippen molar-refractivity contribution in [3.63, 3.8) is 0 Å². The molecular formula is C11H14N2O4. The molecule has 0 unspecified atom stereocenters. The van der Waals surface area contributed by atoms with Crippen LogP contribution in [-0.2, 0) is 4.74 Å². The number of rotatable bonds is 4. The van der Waals surface area contributed by atoms with Crippen molar-refractivity contribution in [1.82, 2.24) is 0 Å². The summed E-state index contributed by atoms with van der Waals surface area (Å²) in [7, 11) is 0. The topological polar surface area (TPSA) is 81.5 Å². The fourth-order valence-corrected chi connectivity index (χ4v) is 1.13. The van der Waals surface area contributed by atoms with Crippen LogP contribution >= 0.6 is 0 Å². The summed E-state index contributed by atoms with van der Waals surface area (Å²) < 4.78 is 4.87. The van der Waals surface area contributed by atoms with Crippen LogP contribution in [0.4, 0.5) is 16.2 Å². The molecule has 0 aliphatic rings. The number of nitrogens with zero attached hydrogens (tertiary/aromatic N) is 1. The standard InChI is InChI=1S/C11H14N2O4/c1-8(2)7-17-11(14)12-9-5-3-4-6-10(9)13(15)16/h3-6,8H,7H2,1-2H3,(H,12,14). The minimum absolute atomic E-state index is 0.131. The molecule has 1 rings (SSSR count). The van der Waals surface area contributed by atoms with E-state index in [1.807, 2.05) is 13.8 Å². The molecule has 0 atom stereocenters. The number of hydrogen-bond acceptors (Lipinski definition) is 4. The molecule has 1 aromatic carbocycles. The SMILES string of the molecule is CC(C)COC(=O)Nc1ccccc1[N+](=O)[O-]. The van der Waals surface area contributed by atoms with Crippen LogP contribution in [0.15, 0.2) is 24.3 Å².